The minimum atomic E-state index is 0.249. The van der Waals surface area contributed by atoms with Crippen LogP contribution in [0.4, 0.5) is 0 Å². The number of carbonyl (C=O) groups is 1. The number of nitrogens with two attached hydrogens (primary N) is 1. The van der Waals surface area contributed by atoms with Crippen LogP contribution in [0.25, 0.3) is 0 Å². The Morgan fingerprint density at radius 2 is 2.06 bits per heavy atom. The highest BCUT2D eigenvalue weighted by atomic mass is 16.2. The lowest BCUT2D eigenvalue weighted by Gasteiger charge is -2.24. The summed E-state index contributed by atoms with van der Waals surface area (Å²) in [6, 6.07) is 10.7. The Hall–Kier alpha value is -1.35. The van der Waals surface area contributed by atoms with Gasteiger partial charge in [-0.3, -0.25) is 4.79 Å². The fourth-order valence-electron chi connectivity index (χ4n) is 2.09. The molecule has 1 aliphatic carbocycles. The lowest BCUT2D eigenvalue weighted by Crippen LogP contribution is -2.34. The maximum atomic E-state index is 12.3. The fourth-order valence-corrected chi connectivity index (χ4v) is 2.09. The average Bonchev–Trinajstić information content (AvgIpc) is 3.21. The van der Waals surface area contributed by atoms with Crippen molar-refractivity contribution in [2.75, 3.05) is 6.54 Å². The van der Waals surface area contributed by atoms with E-state index in [4.69, 9.17) is 5.73 Å². The molecule has 1 aliphatic rings. The largest absolute Gasteiger partial charge is 0.335 e. The second-order valence-electron chi connectivity index (χ2n) is 5.28. The van der Waals surface area contributed by atoms with Crippen LogP contribution in [0, 0.1) is 5.92 Å². The number of carbonyl (C=O) groups excluding carboxylic acids is 1. The molecule has 18 heavy (non-hydrogen) atoms. The molecule has 1 fully saturated rings. The summed E-state index contributed by atoms with van der Waals surface area (Å²) in [5.74, 6) is 0.522. The van der Waals surface area contributed by atoms with Crippen LogP contribution >= 0.6 is 0 Å². The van der Waals surface area contributed by atoms with Gasteiger partial charge in [0.1, 0.15) is 0 Å². The van der Waals surface area contributed by atoms with Gasteiger partial charge in [-0.2, -0.15) is 0 Å². The summed E-state index contributed by atoms with van der Waals surface area (Å²) < 4.78 is 0. The van der Waals surface area contributed by atoms with Gasteiger partial charge < -0.3 is 10.6 Å². The van der Waals surface area contributed by atoms with Crippen LogP contribution in [0.3, 0.4) is 0 Å². The molecule has 2 rings (SSSR count). The summed E-state index contributed by atoms with van der Waals surface area (Å²) in [4.78, 5) is 14.3. The SMILES string of the molecule is CC(CN)CC(=O)N(Cc1ccccc1)C1CC1. The molecule has 0 bridgehead atoms. The van der Waals surface area contributed by atoms with Gasteiger partial charge in [-0.15, -0.1) is 0 Å². The van der Waals surface area contributed by atoms with E-state index in [1.54, 1.807) is 0 Å². The Labute approximate surface area is 109 Å². The van der Waals surface area contributed by atoms with E-state index >= 15 is 0 Å². The van der Waals surface area contributed by atoms with Gasteiger partial charge in [0.25, 0.3) is 0 Å². The fraction of sp³-hybridized carbons (Fsp3) is 0.533. The van der Waals surface area contributed by atoms with Crippen LogP contribution in [0.15, 0.2) is 30.3 Å². The molecule has 1 aromatic rings. The second-order valence-corrected chi connectivity index (χ2v) is 5.28. The molecule has 3 heteroatoms. The van der Waals surface area contributed by atoms with Gasteiger partial charge >= 0.3 is 0 Å². The van der Waals surface area contributed by atoms with Crippen molar-refractivity contribution in [2.24, 2.45) is 11.7 Å². The van der Waals surface area contributed by atoms with E-state index in [0.717, 1.165) is 19.4 Å². The Morgan fingerprint density at radius 3 is 2.61 bits per heavy atom. The zero-order valence-electron chi connectivity index (χ0n) is 11.0. The van der Waals surface area contributed by atoms with Crippen LogP contribution in [0.1, 0.15) is 31.7 Å². The van der Waals surface area contributed by atoms with Gasteiger partial charge in [0, 0.05) is 19.0 Å². The number of rotatable bonds is 6. The van der Waals surface area contributed by atoms with Gasteiger partial charge in [-0.05, 0) is 30.9 Å². The lowest BCUT2D eigenvalue weighted by atomic mass is 10.1. The molecule has 0 radical (unpaired) electrons. The summed E-state index contributed by atoms with van der Waals surface area (Å²) in [6.45, 7) is 3.35. The lowest BCUT2D eigenvalue weighted by molar-refractivity contribution is -0.133. The van der Waals surface area contributed by atoms with E-state index in [9.17, 15) is 4.79 Å². The molecule has 1 aromatic carbocycles. The molecule has 0 heterocycles. The van der Waals surface area contributed by atoms with E-state index in [1.807, 2.05) is 30.0 Å². The first kappa shape index (κ1) is 13.1. The maximum Gasteiger partial charge on any atom is 0.223 e. The molecule has 98 valence electrons. The Bertz CT molecular complexity index is 387. The molecular formula is C15H22N2O. The van der Waals surface area contributed by atoms with Gasteiger partial charge in [-0.25, -0.2) is 0 Å². The molecule has 1 atom stereocenters. The summed E-state index contributed by atoms with van der Waals surface area (Å²) in [5, 5.41) is 0. The molecule has 0 aliphatic heterocycles. The monoisotopic (exact) mass is 246 g/mol. The van der Waals surface area contributed by atoms with Crippen molar-refractivity contribution in [1.29, 1.82) is 0 Å². The van der Waals surface area contributed by atoms with E-state index in [2.05, 4.69) is 12.1 Å². The highest BCUT2D eigenvalue weighted by molar-refractivity contribution is 5.77. The zero-order chi connectivity index (χ0) is 13.0. The van der Waals surface area contributed by atoms with Gasteiger partial charge in [0.05, 0.1) is 0 Å². The predicted molar refractivity (Wildman–Crippen MR) is 72.8 cm³/mol. The van der Waals surface area contributed by atoms with Crippen molar-refractivity contribution in [3.63, 3.8) is 0 Å². The highest BCUT2D eigenvalue weighted by Crippen LogP contribution is 2.29. The zero-order valence-corrected chi connectivity index (χ0v) is 11.0. The topological polar surface area (TPSA) is 46.3 Å². The standard InChI is InChI=1S/C15H22N2O/c1-12(10-16)9-15(18)17(14-7-8-14)11-13-5-3-2-4-6-13/h2-6,12,14H,7-11,16H2,1H3. The van der Waals surface area contributed by atoms with Crippen LogP contribution < -0.4 is 5.73 Å². The molecule has 1 unspecified atom stereocenters. The predicted octanol–water partition coefficient (Wildman–Crippen LogP) is 2.16. The van der Waals surface area contributed by atoms with E-state index in [-0.39, 0.29) is 11.8 Å². The maximum absolute atomic E-state index is 12.3. The summed E-state index contributed by atoms with van der Waals surface area (Å²) in [6.07, 6.45) is 2.87. The van der Waals surface area contributed by atoms with Crippen LogP contribution in [-0.2, 0) is 11.3 Å². The van der Waals surface area contributed by atoms with Crippen molar-refractivity contribution in [3.8, 4) is 0 Å². The number of nitrogens with zero attached hydrogens (tertiary/aromatic N) is 1. The molecular weight excluding hydrogens is 224 g/mol. The Morgan fingerprint density at radius 1 is 1.39 bits per heavy atom. The highest BCUT2D eigenvalue weighted by Gasteiger charge is 2.32. The molecule has 1 amide bonds. The number of hydrogen-bond donors (Lipinski definition) is 1. The van der Waals surface area contributed by atoms with E-state index in [1.165, 1.54) is 5.56 Å². The van der Waals surface area contributed by atoms with Crippen LogP contribution in [0.5, 0.6) is 0 Å². The van der Waals surface area contributed by atoms with Gasteiger partial charge in [0.15, 0.2) is 0 Å². The van der Waals surface area contributed by atoms with Crippen LogP contribution in [-0.4, -0.2) is 23.4 Å². The van der Waals surface area contributed by atoms with Gasteiger partial charge in [0.2, 0.25) is 5.91 Å². The summed E-state index contributed by atoms with van der Waals surface area (Å²) >= 11 is 0. The van der Waals surface area contributed by atoms with Crippen molar-refractivity contribution in [2.45, 2.75) is 38.8 Å². The first-order valence-electron chi connectivity index (χ1n) is 6.74. The molecule has 0 aromatic heterocycles. The van der Waals surface area contributed by atoms with Crippen molar-refractivity contribution >= 4 is 5.91 Å². The molecule has 2 N–H and O–H groups in total. The van der Waals surface area contributed by atoms with Crippen molar-refractivity contribution in [1.82, 2.24) is 4.90 Å². The number of hydrogen-bond acceptors (Lipinski definition) is 2. The molecule has 3 nitrogen and oxygen atoms in total. The Kier molecular flexibility index (Phi) is 4.37. The van der Waals surface area contributed by atoms with Crippen molar-refractivity contribution in [3.05, 3.63) is 35.9 Å². The third-order valence-corrected chi connectivity index (χ3v) is 3.43. The quantitative estimate of drug-likeness (QED) is 0.836. The van der Waals surface area contributed by atoms with E-state index < -0.39 is 0 Å². The first-order chi connectivity index (χ1) is 8.70. The third-order valence-electron chi connectivity index (χ3n) is 3.43. The normalized spacial score (nSPS) is 16.3. The number of benzene rings is 1. The molecule has 0 spiro atoms. The first-order valence-corrected chi connectivity index (χ1v) is 6.74. The number of amides is 1. The van der Waals surface area contributed by atoms with E-state index in [0.29, 0.717) is 19.0 Å². The smallest absolute Gasteiger partial charge is 0.223 e. The minimum Gasteiger partial charge on any atom is -0.335 e. The molecule has 0 saturated heterocycles. The van der Waals surface area contributed by atoms with Gasteiger partial charge in [-0.1, -0.05) is 37.3 Å². The molecule has 1 saturated carbocycles. The van der Waals surface area contributed by atoms with Crippen molar-refractivity contribution < 1.29 is 4.79 Å². The Balaban J connectivity index is 1.98. The summed E-state index contributed by atoms with van der Waals surface area (Å²) in [7, 11) is 0. The second kappa shape index (κ2) is 6.01. The minimum absolute atomic E-state index is 0.249. The summed E-state index contributed by atoms with van der Waals surface area (Å²) in [5.41, 5.74) is 6.80. The average molecular weight is 246 g/mol. The third kappa shape index (κ3) is 3.57. The van der Waals surface area contributed by atoms with Crippen LogP contribution in [0.2, 0.25) is 0 Å².